The maximum Gasteiger partial charge on any atom is 0.282 e. The van der Waals surface area contributed by atoms with Gasteiger partial charge in [0.1, 0.15) is 6.61 Å². The van der Waals surface area contributed by atoms with Crippen LogP contribution in [0.4, 0.5) is 5.69 Å². The maximum absolute atomic E-state index is 11.5. The molecule has 0 spiro atoms. The largest absolute Gasteiger partial charge is 0.493 e. The Morgan fingerprint density at radius 2 is 2.07 bits per heavy atom. The Labute approximate surface area is 168 Å². The van der Waals surface area contributed by atoms with E-state index in [1.54, 1.807) is 6.08 Å². The van der Waals surface area contributed by atoms with Crippen molar-refractivity contribution in [3.8, 4) is 11.5 Å². The molecule has 0 atom stereocenters. The van der Waals surface area contributed by atoms with Crippen molar-refractivity contribution >= 4 is 29.2 Å². The van der Waals surface area contributed by atoms with Gasteiger partial charge in [0.05, 0.1) is 29.9 Å². The van der Waals surface area contributed by atoms with Gasteiger partial charge in [0, 0.05) is 6.54 Å². The summed E-state index contributed by atoms with van der Waals surface area (Å²) in [5.41, 5.74) is 3.59. The predicted octanol–water partition coefficient (Wildman–Crippen LogP) is 3.17. The molecule has 0 fully saturated rings. The summed E-state index contributed by atoms with van der Waals surface area (Å²) in [5, 5.41) is 18.5. The molecular formula is C19H20N4O4S. The molecule has 0 amide bonds. The molecule has 9 heteroatoms. The van der Waals surface area contributed by atoms with Gasteiger partial charge in [-0.2, -0.15) is 5.10 Å². The van der Waals surface area contributed by atoms with E-state index in [0.717, 1.165) is 5.56 Å². The van der Waals surface area contributed by atoms with E-state index < -0.39 is 4.92 Å². The molecule has 0 aromatic heterocycles. The minimum absolute atomic E-state index is 0.167. The lowest BCUT2D eigenvalue weighted by atomic mass is 10.1. The summed E-state index contributed by atoms with van der Waals surface area (Å²) in [6, 6.07) is 12.3. The topological polar surface area (TPSA) is 98.0 Å². The Kier molecular flexibility index (Phi) is 7.92. The molecule has 2 rings (SSSR count). The lowest BCUT2D eigenvalue weighted by Crippen LogP contribution is -2.31. The zero-order valence-electron chi connectivity index (χ0n) is 15.3. The van der Waals surface area contributed by atoms with Crippen molar-refractivity contribution in [1.82, 2.24) is 10.7 Å². The number of nitro groups is 1. The van der Waals surface area contributed by atoms with Crippen LogP contribution in [-0.4, -0.2) is 29.9 Å². The van der Waals surface area contributed by atoms with Crippen LogP contribution in [0, 0.1) is 10.1 Å². The molecule has 28 heavy (non-hydrogen) atoms. The molecule has 0 saturated heterocycles. The summed E-state index contributed by atoms with van der Waals surface area (Å²) in [7, 11) is 1.46. The molecule has 0 saturated carbocycles. The third-order valence-corrected chi connectivity index (χ3v) is 3.76. The van der Waals surface area contributed by atoms with Crippen molar-refractivity contribution in [2.75, 3.05) is 13.7 Å². The number of methoxy groups -OCH3 is 1. The maximum atomic E-state index is 11.5. The van der Waals surface area contributed by atoms with E-state index in [0.29, 0.717) is 12.3 Å². The number of hydrazone groups is 1. The Balaban J connectivity index is 2.20. The molecule has 2 N–H and O–H groups in total. The van der Waals surface area contributed by atoms with Crippen LogP contribution in [0.25, 0.3) is 0 Å². The van der Waals surface area contributed by atoms with Crippen LogP contribution in [0.5, 0.6) is 11.5 Å². The van der Waals surface area contributed by atoms with Gasteiger partial charge >= 0.3 is 0 Å². The summed E-state index contributed by atoms with van der Waals surface area (Å²) in [5.74, 6) is 0.627. The number of ether oxygens (including phenoxy) is 2. The van der Waals surface area contributed by atoms with E-state index in [1.165, 1.54) is 25.5 Å². The number of nitrogens with zero attached hydrogens (tertiary/aromatic N) is 2. The van der Waals surface area contributed by atoms with Gasteiger partial charge in [-0.15, -0.1) is 6.58 Å². The average Bonchev–Trinajstić information content (AvgIpc) is 2.71. The van der Waals surface area contributed by atoms with Gasteiger partial charge in [0.15, 0.2) is 16.6 Å². The number of thiocarbonyl (C=S) groups is 1. The number of nitro benzene ring substituents is 1. The van der Waals surface area contributed by atoms with Crippen LogP contribution < -0.4 is 20.2 Å². The fraction of sp³-hybridized carbons (Fsp3) is 0.158. The van der Waals surface area contributed by atoms with Crippen molar-refractivity contribution in [2.45, 2.75) is 6.61 Å². The van der Waals surface area contributed by atoms with Crippen LogP contribution in [0.15, 0.2) is 60.2 Å². The smallest absolute Gasteiger partial charge is 0.282 e. The summed E-state index contributed by atoms with van der Waals surface area (Å²) in [6.45, 7) is 4.30. The lowest BCUT2D eigenvalue weighted by Gasteiger charge is -2.12. The van der Waals surface area contributed by atoms with Crippen molar-refractivity contribution in [1.29, 1.82) is 0 Å². The molecule has 0 aliphatic carbocycles. The molecule has 0 heterocycles. The van der Waals surface area contributed by atoms with Gasteiger partial charge < -0.3 is 14.8 Å². The SMILES string of the molecule is C=CCNC(=S)N/N=C\c1cc(OC)c(OCc2ccccc2)cc1[N+](=O)[O-]. The van der Waals surface area contributed by atoms with Gasteiger partial charge in [0.25, 0.3) is 5.69 Å². The number of hydrogen-bond acceptors (Lipinski definition) is 6. The van der Waals surface area contributed by atoms with Crippen molar-refractivity contribution in [3.63, 3.8) is 0 Å². The Morgan fingerprint density at radius 3 is 2.71 bits per heavy atom. The Hall–Kier alpha value is -3.46. The average molecular weight is 400 g/mol. The van der Waals surface area contributed by atoms with E-state index in [-0.39, 0.29) is 28.7 Å². The minimum Gasteiger partial charge on any atom is -0.493 e. The van der Waals surface area contributed by atoms with Crippen LogP contribution in [0.3, 0.4) is 0 Å². The van der Waals surface area contributed by atoms with E-state index in [2.05, 4.69) is 22.4 Å². The molecule has 0 radical (unpaired) electrons. The molecular weight excluding hydrogens is 380 g/mol. The summed E-state index contributed by atoms with van der Waals surface area (Å²) in [4.78, 5) is 11.0. The van der Waals surface area contributed by atoms with Gasteiger partial charge in [-0.25, -0.2) is 0 Å². The quantitative estimate of drug-likeness (QED) is 0.219. The second kappa shape index (κ2) is 10.6. The summed E-state index contributed by atoms with van der Waals surface area (Å²) >= 11 is 5.01. The van der Waals surface area contributed by atoms with Crippen molar-refractivity contribution < 1.29 is 14.4 Å². The fourth-order valence-electron chi connectivity index (χ4n) is 2.20. The minimum atomic E-state index is -0.509. The van der Waals surface area contributed by atoms with Crippen molar-refractivity contribution in [3.05, 3.63) is 76.4 Å². The van der Waals surface area contributed by atoms with Gasteiger partial charge in [-0.3, -0.25) is 15.5 Å². The zero-order chi connectivity index (χ0) is 20.4. The standard InChI is InChI=1S/C19H20N4O4S/c1-3-9-20-19(28)22-21-12-15-10-17(26-2)18(11-16(15)23(24)25)27-13-14-7-5-4-6-8-14/h3-8,10-12H,1,9,13H2,2H3,(H2,20,22,28)/b21-12-. The first-order valence-electron chi connectivity index (χ1n) is 8.26. The monoisotopic (exact) mass is 400 g/mol. The van der Waals surface area contributed by atoms with Gasteiger partial charge in [-0.1, -0.05) is 36.4 Å². The fourth-order valence-corrected chi connectivity index (χ4v) is 2.33. The molecule has 8 nitrogen and oxygen atoms in total. The highest BCUT2D eigenvalue weighted by molar-refractivity contribution is 7.80. The van der Waals surface area contributed by atoms with Gasteiger partial charge in [-0.05, 0) is 23.8 Å². The summed E-state index contributed by atoms with van der Waals surface area (Å²) < 4.78 is 11.0. The third-order valence-electron chi connectivity index (χ3n) is 3.52. The van der Waals surface area contributed by atoms with Crippen LogP contribution in [0.2, 0.25) is 0 Å². The first-order chi connectivity index (χ1) is 13.5. The highest BCUT2D eigenvalue weighted by atomic mass is 32.1. The van der Waals surface area contributed by atoms with Crippen LogP contribution >= 0.6 is 12.2 Å². The Bertz CT molecular complexity index is 872. The molecule has 0 aliphatic rings. The highest BCUT2D eigenvalue weighted by Gasteiger charge is 2.19. The molecule has 0 bridgehead atoms. The molecule has 2 aromatic carbocycles. The van der Waals surface area contributed by atoms with Gasteiger partial charge in [0.2, 0.25) is 0 Å². The van der Waals surface area contributed by atoms with E-state index in [4.69, 9.17) is 21.7 Å². The Morgan fingerprint density at radius 1 is 1.32 bits per heavy atom. The van der Waals surface area contributed by atoms with Crippen LogP contribution in [-0.2, 0) is 6.61 Å². The molecule has 0 aliphatic heterocycles. The van der Waals surface area contributed by atoms with E-state index in [1.807, 2.05) is 30.3 Å². The highest BCUT2D eigenvalue weighted by Crippen LogP contribution is 2.34. The molecule has 2 aromatic rings. The molecule has 146 valence electrons. The third kappa shape index (κ3) is 6.06. The lowest BCUT2D eigenvalue weighted by molar-refractivity contribution is -0.385. The first-order valence-corrected chi connectivity index (χ1v) is 8.67. The van der Waals surface area contributed by atoms with Crippen LogP contribution in [0.1, 0.15) is 11.1 Å². The second-order valence-electron chi connectivity index (χ2n) is 5.46. The van der Waals surface area contributed by atoms with Crippen molar-refractivity contribution in [2.24, 2.45) is 5.10 Å². The summed E-state index contributed by atoms with van der Waals surface area (Å²) in [6.07, 6.45) is 2.94. The number of nitrogens with one attached hydrogen (secondary N) is 2. The zero-order valence-corrected chi connectivity index (χ0v) is 16.1. The van der Waals surface area contributed by atoms with E-state index >= 15 is 0 Å². The normalized spacial score (nSPS) is 10.3. The number of benzene rings is 2. The predicted molar refractivity (Wildman–Crippen MR) is 112 cm³/mol. The first kappa shape index (κ1) is 20.8. The number of rotatable bonds is 9. The number of hydrogen-bond donors (Lipinski definition) is 2. The van der Waals surface area contributed by atoms with E-state index in [9.17, 15) is 10.1 Å². The second-order valence-corrected chi connectivity index (χ2v) is 5.87. The molecule has 0 unspecified atom stereocenters.